The summed E-state index contributed by atoms with van der Waals surface area (Å²) in [4.78, 5) is 27.0. The van der Waals surface area contributed by atoms with Crippen LogP contribution in [0.1, 0.15) is 11.1 Å². The van der Waals surface area contributed by atoms with Crippen molar-refractivity contribution < 1.29 is 14.1 Å². The highest BCUT2D eigenvalue weighted by molar-refractivity contribution is 7.14. The smallest absolute Gasteiger partial charge is 0.273 e. The number of nitrogens with zero attached hydrogens (tertiary/aromatic N) is 2. The fourth-order valence-electron chi connectivity index (χ4n) is 2.44. The lowest BCUT2D eigenvalue weighted by Crippen LogP contribution is -2.15. The Morgan fingerprint density at radius 2 is 2.08 bits per heavy atom. The molecule has 6 nitrogen and oxygen atoms in total. The van der Waals surface area contributed by atoms with Crippen LogP contribution < -0.4 is 5.32 Å². The standard InChI is InChI=1S/C18H14FN3O3S/c1-11-8-12(6-7-14(11)19)15-10-26-18(20-15)21-17(23)9-13-4-2-3-5-16(13)22(24)25/h2-8,10H,9H2,1H3,(H,20,21,23). The highest BCUT2D eigenvalue weighted by Crippen LogP contribution is 2.26. The van der Waals surface area contributed by atoms with Crippen molar-refractivity contribution in [3.8, 4) is 11.3 Å². The molecular formula is C18H14FN3O3S. The number of nitrogens with one attached hydrogen (secondary N) is 1. The maximum Gasteiger partial charge on any atom is 0.273 e. The summed E-state index contributed by atoms with van der Waals surface area (Å²) in [5, 5.41) is 15.8. The molecule has 0 aliphatic heterocycles. The van der Waals surface area contributed by atoms with Crippen molar-refractivity contribution in [2.24, 2.45) is 0 Å². The van der Waals surface area contributed by atoms with Crippen LogP contribution in [0.15, 0.2) is 47.8 Å². The van der Waals surface area contributed by atoms with Gasteiger partial charge in [-0.25, -0.2) is 9.37 Å². The van der Waals surface area contributed by atoms with E-state index in [1.807, 2.05) is 0 Å². The number of carbonyl (C=O) groups excluding carboxylic acids is 1. The molecule has 1 aromatic heterocycles. The van der Waals surface area contributed by atoms with Crippen molar-refractivity contribution in [1.29, 1.82) is 0 Å². The maximum atomic E-state index is 13.4. The lowest BCUT2D eigenvalue weighted by Gasteiger charge is -2.03. The number of halogens is 1. The van der Waals surface area contributed by atoms with Gasteiger partial charge in [0.05, 0.1) is 17.0 Å². The monoisotopic (exact) mass is 371 g/mol. The molecule has 0 unspecified atom stereocenters. The first-order chi connectivity index (χ1) is 12.4. The molecule has 3 aromatic rings. The zero-order valence-electron chi connectivity index (χ0n) is 13.7. The van der Waals surface area contributed by atoms with E-state index in [9.17, 15) is 19.3 Å². The van der Waals surface area contributed by atoms with Crippen LogP contribution in [-0.4, -0.2) is 15.8 Å². The number of aromatic nitrogens is 1. The first-order valence-corrected chi connectivity index (χ1v) is 8.56. The Morgan fingerprint density at radius 1 is 1.31 bits per heavy atom. The zero-order chi connectivity index (χ0) is 18.7. The average molecular weight is 371 g/mol. The number of hydrogen-bond donors (Lipinski definition) is 1. The third-order valence-electron chi connectivity index (χ3n) is 3.74. The van der Waals surface area contributed by atoms with E-state index in [1.54, 1.807) is 42.6 Å². The number of hydrogen-bond acceptors (Lipinski definition) is 5. The predicted octanol–water partition coefficient (Wildman–Crippen LogP) is 4.35. The number of thiazole rings is 1. The Labute approximate surface area is 152 Å². The summed E-state index contributed by atoms with van der Waals surface area (Å²) >= 11 is 1.23. The van der Waals surface area contributed by atoms with Gasteiger partial charge in [0.25, 0.3) is 5.69 Å². The zero-order valence-corrected chi connectivity index (χ0v) is 14.5. The molecule has 2 aromatic carbocycles. The van der Waals surface area contributed by atoms with Crippen molar-refractivity contribution in [3.05, 3.63) is 74.9 Å². The van der Waals surface area contributed by atoms with Crippen LogP contribution in [0.2, 0.25) is 0 Å². The molecule has 3 rings (SSSR count). The Bertz CT molecular complexity index is 987. The van der Waals surface area contributed by atoms with E-state index in [2.05, 4.69) is 10.3 Å². The first-order valence-electron chi connectivity index (χ1n) is 7.68. The van der Waals surface area contributed by atoms with Gasteiger partial charge in [-0.1, -0.05) is 18.2 Å². The fraction of sp³-hybridized carbons (Fsp3) is 0.111. The van der Waals surface area contributed by atoms with Crippen LogP contribution in [-0.2, 0) is 11.2 Å². The maximum absolute atomic E-state index is 13.4. The molecule has 0 aliphatic rings. The Hall–Kier alpha value is -3.13. The highest BCUT2D eigenvalue weighted by atomic mass is 32.1. The van der Waals surface area contributed by atoms with Gasteiger partial charge in [-0.3, -0.25) is 14.9 Å². The quantitative estimate of drug-likeness (QED) is 0.534. The Morgan fingerprint density at radius 3 is 2.81 bits per heavy atom. The first kappa shape index (κ1) is 17.7. The largest absolute Gasteiger partial charge is 0.302 e. The molecule has 0 bridgehead atoms. The Balaban J connectivity index is 1.72. The van der Waals surface area contributed by atoms with Crippen molar-refractivity contribution >= 4 is 28.1 Å². The number of carbonyl (C=O) groups is 1. The van der Waals surface area contributed by atoms with Crippen LogP contribution >= 0.6 is 11.3 Å². The van der Waals surface area contributed by atoms with Gasteiger partial charge in [0.1, 0.15) is 5.82 Å². The fourth-order valence-corrected chi connectivity index (χ4v) is 3.18. The molecule has 0 atom stereocenters. The van der Waals surface area contributed by atoms with Gasteiger partial charge < -0.3 is 5.32 Å². The van der Waals surface area contributed by atoms with Gasteiger partial charge in [0.2, 0.25) is 5.91 Å². The minimum Gasteiger partial charge on any atom is -0.302 e. The molecule has 0 saturated carbocycles. The summed E-state index contributed by atoms with van der Waals surface area (Å²) in [6.45, 7) is 1.67. The number of aryl methyl sites for hydroxylation is 1. The normalized spacial score (nSPS) is 10.5. The Kier molecular flexibility index (Phi) is 5.04. The summed E-state index contributed by atoms with van der Waals surface area (Å²) in [5.74, 6) is -0.683. The van der Waals surface area contributed by atoms with Crippen LogP contribution in [0, 0.1) is 22.9 Å². The predicted molar refractivity (Wildman–Crippen MR) is 97.7 cm³/mol. The minimum atomic E-state index is -0.513. The molecule has 1 N–H and O–H groups in total. The summed E-state index contributed by atoms with van der Waals surface area (Å²) in [7, 11) is 0. The van der Waals surface area contributed by atoms with Crippen molar-refractivity contribution in [3.63, 3.8) is 0 Å². The lowest BCUT2D eigenvalue weighted by atomic mass is 10.1. The molecule has 1 amide bonds. The molecular weight excluding hydrogens is 357 g/mol. The molecule has 0 aliphatic carbocycles. The second kappa shape index (κ2) is 7.40. The van der Waals surface area contributed by atoms with E-state index < -0.39 is 10.8 Å². The highest BCUT2D eigenvalue weighted by Gasteiger charge is 2.16. The molecule has 8 heteroatoms. The number of amides is 1. The van der Waals surface area contributed by atoms with Crippen molar-refractivity contribution in [2.75, 3.05) is 5.32 Å². The van der Waals surface area contributed by atoms with Gasteiger partial charge in [-0.05, 0) is 30.7 Å². The second-order valence-corrected chi connectivity index (χ2v) is 6.47. The molecule has 26 heavy (non-hydrogen) atoms. The van der Waals surface area contributed by atoms with Crippen molar-refractivity contribution in [1.82, 2.24) is 4.98 Å². The van der Waals surface area contributed by atoms with Gasteiger partial charge in [0.15, 0.2) is 5.13 Å². The molecule has 0 saturated heterocycles. The molecule has 0 radical (unpaired) electrons. The number of para-hydroxylation sites is 1. The van der Waals surface area contributed by atoms with Crippen LogP contribution in [0.5, 0.6) is 0 Å². The van der Waals surface area contributed by atoms with E-state index in [-0.39, 0.29) is 17.9 Å². The van der Waals surface area contributed by atoms with E-state index in [0.29, 0.717) is 22.0 Å². The van der Waals surface area contributed by atoms with Gasteiger partial charge in [-0.2, -0.15) is 0 Å². The lowest BCUT2D eigenvalue weighted by molar-refractivity contribution is -0.385. The number of nitro groups is 1. The summed E-state index contributed by atoms with van der Waals surface area (Å²) in [5.41, 5.74) is 2.13. The third kappa shape index (κ3) is 3.92. The summed E-state index contributed by atoms with van der Waals surface area (Å²) in [6, 6.07) is 10.8. The minimum absolute atomic E-state index is 0.0933. The van der Waals surface area contributed by atoms with Gasteiger partial charge in [0, 0.05) is 22.6 Å². The molecule has 132 valence electrons. The van der Waals surface area contributed by atoms with E-state index in [0.717, 1.165) is 5.56 Å². The van der Waals surface area contributed by atoms with Crippen LogP contribution in [0.4, 0.5) is 15.2 Å². The van der Waals surface area contributed by atoms with E-state index in [1.165, 1.54) is 23.5 Å². The van der Waals surface area contributed by atoms with Gasteiger partial charge in [-0.15, -0.1) is 11.3 Å². The van der Waals surface area contributed by atoms with Crippen molar-refractivity contribution in [2.45, 2.75) is 13.3 Å². The summed E-state index contributed by atoms with van der Waals surface area (Å²) < 4.78 is 13.4. The molecule has 1 heterocycles. The SMILES string of the molecule is Cc1cc(-c2csc(NC(=O)Cc3ccccc3[N+](=O)[O-])n2)ccc1F. The number of anilines is 1. The van der Waals surface area contributed by atoms with E-state index >= 15 is 0 Å². The number of rotatable bonds is 5. The van der Waals surface area contributed by atoms with Crippen LogP contribution in [0.3, 0.4) is 0 Å². The molecule has 0 fully saturated rings. The van der Waals surface area contributed by atoms with Crippen LogP contribution in [0.25, 0.3) is 11.3 Å². The topological polar surface area (TPSA) is 85.1 Å². The average Bonchev–Trinajstić information content (AvgIpc) is 3.06. The number of benzene rings is 2. The second-order valence-electron chi connectivity index (χ2n) is 5.61. The molecule has 0 spiro atoms. The number of nitro benzene ring substituents is 1. The third-order valence-corrected chi connectivity index (χ3v) is 4.50. The van der Waals surface area contributed by atoms with Gasteiger partial charge >= 0.3 is 0 Å². The van der Waals surface area contributed by atoms with E-state index in [4.69, 9.17) is 0 Å². The summed E-state index contributed by atoms with van der Waals surface area (Å²) in [6.07, 6.45) is -0.123.